The zero-order valence-electron chi connectivity index (χ0n) is 10.8. The monoisotopic (exact) mass is 265 g/mol. The van der Waals surface area contributed by atoms with E-state index in [-0.39, 0.29) is 23.2 Å². The van der Waals surface area contributed by atoms with E-state index in [0.29, 0.717) is 6.54 Å². The highest BCUT2D eigenvalue weighted by molar-refractivity contribution is 5.99. The molecule has 1 aliphatic rings. The van der Waals surface area contributed by atoms with Crippen molar-refractivity contribution < 1.29 is 19.7 Å². The summed E-state index contributed by atoms with van der Waals surface area (Å²) in [7, 11) is 0. The fraction of sp³-hybridized carbons (Fsp3) is 0.500. The first-order valence-electron chi connectivity index (χ1n) is 6.59. The van der Waals surface area contributed by atoms with Gasteiger partial charge in [0, 0.05) is 13.2 Å². The van der Waals surface area contributed by atoms with Crippen LogP contribution in [0.3, 0.4) is 0 Å². The van der Waals surface area contributed by atoms with E-state index >= 15 is 0 Å². The summed E-state index contributed by atoms with van der Waals surface area (Å²) >= 11 is 0. The number of amides is 1. The standard InChI is InChI=1S/C14H19NO4/c16-11-5-3-6-12(17)13(11)14(18)15-8-7-10-4-1-2-9-19-10/h3,5-6,10,16-17H,1-2,4,7-9H2,(H,15,18). The van der Waals surface area contributed by atoms with Crippen molar-refractivity contribution in [2.24, 2.45) is 0 Å². The lowest BCUT2D eigenvalue weighted by molar-refractivity contribution is 0.0117. The highest BCUT2D eigenvalue weighted by Crippen LogP contribution is 2.25. The van der Waals surface area contributed by atoms with Gasteiger partial charge in [-0.05, 0) is 37.8 Å². The van der Waals surface area contributed by atoms with Crippen molar-refractivity contribution in [1.82, 2.24) is 5.32 Å². The number of benzene rings is 1. The average molecular weight is 265 g/mol. The molecular weight excluding hydrogens is 246 g/mol. The summed E-state index contributed by atoms with van der Waals surface area (Å²) in [6.07, 6.45) is 4.25. The molecule has 0 spiro atoms. The van der Waals surface area contributed by atoms with Crippen LogP contribution in [0.1, 0.15) is 36.0 Å². The fourth-order valence-corrected chi connectivity index (χ4v) is 2.23. The van der Waals surface area contributed by atoms with Crippen molar-refractivity contribution in [2.45, 2.75) is 31.8 Å². The molecule has 1 atom stereocenters. The molecule has 5 nitrogen and oxygen atoms in total. The first-order chi connectivity index (χ1) is 9.18. The fourth-order valence-electron chi connectivity index (χ4n) is 2.23. The maximum atomic E-state index is 11.9. The number of phenolic OH excluding ortho intramolecular Hbond substituents is 2. The molecule has 1 aromatic rings. The Morgan fingerprint density at radius 1 is 1.32 bits per heavy atom. The van der Waals surface area contributed by atoms with Gasteiger partial charge in [-0.1, -0.05) is 6.07 Å². The van der Waals surface area contributed by atoms with Gasteiger partial charge in [-0.2, -0.15) is 0 Å². The van der Waals surface area contributed by atoms with Crippen LogP contribution in [-0.4, -0.2) is 35.4 Å². The number of hydrogen-bond acceptors (Lipinski definition) is 4. The molecule has 1 aliphatic heterocycles. The second kappa shape index (κ2) is 6.43. The summed E-state index contributed by atoms with van der Waals surface area (Å²) in [6, 6.07) is 4.23. The van der Waals surface area contributed by atoms with Gasteiger partial charge >= 0.3 is 0 Å². The topological polar surface area (TPSA) is 78.8 Å². The van der Waals surface area contributed by atoms with Gasteiger partial charge < -0.3 is 20.3 Å². The quantitative estimate of drug-likeness (QED) is 0.775. The van der Waals surface area contributed by atoms with E-state index in [2.05, 4.69) is 5.32 Å². The Balaban J connectivity index is 1.84. The van der Waals surface area contributed by atoms with E-state index < -0.39 is 5.91 Å². The van der Waals surface area contributed by atoms with Crippen LogP contribution in [0.25, 0.3) is 0 Å². The Morgan fingerprint density at radius 3 is 2.68 bits per heavy atom. The Bertz CT molecular complexity index is 421. The van der Waals surface area contributed by atoms with Crippen LogP contribution >= 0.6 is 0 Å². The van der Waals surface area contributed by atoms with Gasteiger partial charge in [-0.25, -0.2) is 0 Å². The van der Waals surface area contributed by atoms with Crippen molar-refractivity contribution >= 4 is 5.91 Å². The maximum absolute atomic E-state index is 11.9. The van der Waals surface area contributed by atoms with Gasteiger partial charge in [0.05, 0.1) is 6.10 Å². The van der Waals surface area contributed by atoms with Crippen LogP contribution in [0.2, 0.25) is 0 Å². The molecule has 0 aliphatic carbocycles. The van der Waals surface area contributed by atoms with Gasteiger partial charge in [-0.15, -0.1) is 0 Å². The van der Waals surface area contributed by atoms with Crippen molar-refractivity contribution in [3.8, 4) is 11.5 Å². The first-order valence-corrected chi connectivity index (χ1v) is 6.59. The lowest BCUT2D eigenvalue weighted by atomic mass is 10.1. The zero-order valence-corrected chi connectivity index (χ0v) is 10.8. The molecule has 2 rings (SSSR count). The molecule has 1 unspecified atom stereocenters. The van der Waals surface area contributed by atoms with E-state index in [1.54, 1.807) is 0 Å². The second-order valence-corrected chi connectivity index (χ2v) is 4.70. The highest BCUT2D eigenvalue weighted by atomic mass is 16.5. The number of nitrogens with one attached hydrogen (secondary N) is 1. The minimum atomic E-state index is -0.466. The minimum Gasteiger partial charge on any atom is -0.507 e. The van der Waals surface area contributed by atoms with Crippen LogP contribution in [-0.2, 0) is 4.74 Å². The number of rotatable bonds is 4. The Labute approximate surface area is 112 Å². The zero-order chi connectivity index (χ0) is 13.7. The van der Waals surface area contributed by atoms with Gasteiger partial charge in [0.2, 0.25) is 0 Å². The number of carbonyl (C=O) groups excluding carboxylic acids is 1. The molecule has 1 heterocycles. The lowest BCUT2D eigenvalue weighted by Crippen LogP contribution is -2.29. The predicted molar refractivity (Wildman–Crippen MR) is 70.3 cm³/mol. The average Bonchev–Trinajstić information content (AvgIpc) is 2.40. The molecule has 0 bridgehead atoms. The van der Waals surface area contributed by atoms with Crippen molar-refractivity contribution in [3.63, 3.8) is 0 Å². The smallest absolute Gasteiger partial charge is 0.258 e. The Hall–Kier alpha value is -1.75. The number of phenols is 2. The van der Waals surface area contributed by atoms with Crippen LogP contribution in [0.4, 0.5) is 0 Å². The molecule has 0 aromatic heterocycles. The molecule has 0 radical (unpaired) electrons. The summed E-state index contributed by atoms with van der Waals surface area (Å²) in [5.41, 5.74) is -0.0768. The van der Waals surface area contributed by atoms with Crippen LogP contribution in [0, 0.1) is 0 Å². The van der Waals surface area contributed by atoms with Crippen LogP contribution in [0.15, 0.2) is 18.2 Å². The van der Waals surface area contributed by atoms with Crippen LogP contribution in [0.5, 0.6) is 11.5 Å². The normalized spacial score (nSPS) is 19.1. The molecule has 1 aromatic carbocycles. The van der Waals surface area contributed by atoms with Crippen molar-refractivity contribution in [2.75, 3.05) is 13.2 Å². The molecular formula is C14H19NO4. The molecule has 3 N–H and O–H groups in total. The molecule has 5 heteroatoms. The predicted octanol–water partition coefficient (Wildman–Crippen LogP) is 1.79. The first kappa shape index (κ1) is 13.7. The maximum Gasteiger partial charge on any atom is 0.258 e. The molecule has 1 saturated heterocycles. The second-order valence-electron chi connectivity index (χ2n) is 4.70. The van der Waals surface area contributed by atoms with Crippen LogP contribution < -0.4 is 5.32 Å². The largest absolute Gasteiger partial charge is 0.507 e. The highest BCUT2D eigenvalue weighted by Gasteiger charge is 2.17. The van der Waals surface area contributed by atoms with Gasteiger partial charge in [-0.3, -0.25) is 4.79 Å². The van der Waals surface area contributed by atoms with E-state index in [0.717, 1.165) is 25.9 Å². The SMILES string of the molecule is O=C(NCCC1CCCCO1)c1c(O)cccc1O. The van der Waals surface area contributed by atoms with E-state index in [9.17, 15) is 15.0 Å². The van der Waals surface area contributed by atoms with Gasteiger partial charge in [0.1, 0.15) is 17.1 Å². The number of ether oxygens (including phenoxy) is 1. The molecule has 104 valence electrons. The van der Waals surface area contributed by atoms with E-state index in [1.807, 2.05) is 0 Å². The van der Waals surface area contributed by atoms with Gasteiger partial charge in [0.15, 0.2) is 0 Å². The minimum absolute atomic E-state index is 0.0768. The summed E-state index contributed by atoms with van der Waals surface area (Å²) in [5, 5.41) is 21.8. The third kappa shape index (κ3) is 3.61. The van der Waals surface area contributed by atoms with E-state index in [4.69, 9.17) is 4.74 Å². The Kier molecular flexibility index (Phi) is 4.63. The lowest BCUT2D eigenvalue weighted by Gasteiger charge is -2.22. The van der Waals surface area contributed by atoms with Crippen molar-refractivity contribution in [3.05, 3.63) is 23.8 Å². The van der Waals surface area contributed by atoms with Crippen molar-refractivity contribution in [1.29, 1.82) is 0 Å². The summed E-state index contributed by atoms with van der Waals surface area (Å²) in [6.45, 7) is 1.26. The summed E-state index contributed by atoms with van der Waals surface area (Å²) < 4.78 is 5.56. The number of carbonyl (C=O) groups is 1. The molecule has 1 fully saturated rings. The third-order valence-corrected chi connectivity index (χ3v) is 3.27. The number of hydrogen-bond donors (Lipinski definition) is 3. The third-order valence-electron chi connectivity index (χ3n) is 3.27. The molecule has 1 amide bonds. The van der Waals surface area contributed by atoms with Gasteiger partial charge in [0.25, 0.3) is 5.91 Å². The molecule has 0 saturated carbocycles. The number of aromatic hydroxyl groups is 2. The Morgan fingerprint density at radius 2 is 2.05 bits per heavy atom. The summed E-state index contributed by atoms with van der Waals surface area (Å²) in [5.74, 6) is -0.899. The summed E-state index contributed by atoms with van der Waals surface area (Å²) in [4.78, 5) is 11.9. The van der Waals surface area contributed by atoms with E-state index in [1.165, 1.54) is 24.6 Å². The molecule has 19 heavy (non-hydrogen) atoms.